The van der Waals surface area contributed by atoms with Crippen molar-refractivity contribution in [2.24, 2.45) is 14.1 Å². The molecule has 1 aliphatic rings. The topological polar surface area (TPSA) is 96.9 Å². The van der Waals surface area contributed by atoms with Crippen molar-refractivity contribution in [3.8, 4) is 6.07 Å². The summed E-state index contributed by atoms with van der Waals surface area (Å²) < 4.78 is 14.3. The Bertz CT molecular complexity index is 775. The number of nitriles is 1. The Morgan fingerprint density at radius 3 is 2.61 bits per heavy atom. The number of nitrogens with zero attached hydrogens (tertiary/aromatic N) is 3. The summed E-state index contributed by atoms with van der Waals surface area (Å²) in [5.41, 5.74) is -1.13. The summed E-state index contributed by atoms with van der Waals surface area (Å²) in [6.45, 7) is 1.91. The van der Waals surface area contributed by atoms with Crippen LogP contribution in [0.15, 0.2) is 9.59 Å². The van der Waals surface area contributed by atoms with Gasteiger partial charge in [-0.1, -0.05) is 13.3 Å². The minimum atomic E-state index is -0.856. The van der Waals surface area contributed by atoms with Crippen LogP contribution in [0.1, 0.15) is 38.2 Å². The van der Waals surface area contributed by atoms with E-state index in [0.717, 1.165) is 23.8 Å². The van der Waals surface area contributed by atoms with Gasteiger partial charge in [-0.2, -0.15) is 5.26 Å². The van der Waals surface area contributed by atoms with Crippen LogP contribution >= 0.6 is 0 Å². The molecule has 0 aliphatic heterocycles. The molecule has 1 aromatic rings. The van der Waals surface area contributed by atoms with Gasteiger partial charge < -0.3 is 5.32 Å². The quantitative estimate of drug-likeness (QED) is 0.859. The molecule has 1 N–H and O–H groups in total. The van der Waals surface area contributed by atoms with E-state index in [2.05, 4.69) is 5.32 Å². The van der Waals surface area contributed by atoms with Crippen molar-refractivity contribution in [3.63, 3.8) is 0 Å². The Morgan fingerprint density at radius 1 is 1.30 bits per heavy atom. The van der Waals surface area contributed by atoms with E-state index in [1.165, 1.54) is 18.7 Å². The van der Waals surface area contributed by atoms with Gasteiger partial charge in [0, 0.05) is 41.9 Å². The average molecular weight is 338 g/mol. The predicted octanol–water partition coefficient (Wildman–Crippen LogP) is 0.447. The fourth-order valence-corrected chi connectivity index (χ4v) is 4.41. The average Bonchev–Trinajstić information content (AvgIpc) is 2.57. The number of nitrogens with one attached hydrogen (secondary N) is 1. The molecular formula is C15H22N4O3S. The monoisotopic (exact) mass is 338 g/mol. The third-order valence-corrected chi connectivity index (χ3v) is 6.14. The lowest BCUT2D eigenvalue weighted by Crippen LogP contribution is -2.42. The molecule has 3 unspecified atom stereocenters. The minimum absolute atomic E-state index is 0.00839. The second-order valence-electron chi connectivity index (χ2n) is 5.84. The third kappa shape index (κ3) is 3.39. The number of anilines is 1. The number of hydrogen-bond acceptors (Lipinski definition) is 5. The van der Waals surface area contributed by atoms with Gasteiger partial charge in [0.05, 0.1) is 0 Å². The molecule has 0 spiro atoms. The van der Waals surface area contributed by atoms with Crippen molar-refractivity contribution in [1.29, 1.82) is 5.26 Å². The van der Waals surface area contributed by atoms with Crippen molar-refractivity contribution in [3.05, 3.63) is 26.4 Å². The van der Waals surface area contributed by atoms with E-state index in [1.807, 2.05) is 13.0 Å². The fourth-order valence-electron chi connectivity index (χ4n) is 3.06. The molecule has 0 saturated heterocycles. The Morgan fingerprint density at radius 2 is 2.00 bits per heavy atom. The summed E-state index contributed by atoms with van der Waals surface area (Å²) in [7, 11) is 2.04. The van der Waals surface area contributed by atoms with Gasteiger partial charge in [0.1, 0.15) is 11.9 Å². The molecule has 126 valence electrons. The number of hydrogen-bond donors (Lipinski definition) is 1. The van der Waals surface area contributed by atoms with Crippen LogP contribution in [0.3, 0.4) is 0 Å². The van der Waals surface area contributed by atoms with Crippen molar-refractivity contribution < 1.29 is 4.21 Å². The van der Waals surface area contributed by atoms with Gasteiger partial charge in [-0.05, 0) is 19.3 Å². The first-order valence-electron chi connectivity index (χ1n) is 7.74. The lowest BCUT2D eigenvalue weighted by atomic mass is 9.95. The number of rotatable bonds is 4. The highest BCUT2D eigenvalue weighted by Gasteiger charge is 2.27. The highest BCUT2D eigenvalue weighted by Crippen LogP contribution is 2.25. The summed E-state index contributed by atoms with van der Waals surface area (Å²) in [5, 5.41) is 12.6. The van der Waals surface area contributed by atoms with Crippen LogP contribution in [-0.2, 0) is 24.9 Å². The van der Waals surface area contributed by atoms with Crippen molar-refractivity contribution in [2.45, 2.75) is 43.9 Å². The maximum Gasteiger partial charge on any atom is 0.332 e. The standard InChI is InChI=1S/C15H22N4O3S/c1-4-23(22)11-7-5-6-10(8-11)17-13-12(9-16)14(20)19(3)15(21)18(13)2/h10-11,17H,4-8H2,1-3H3. The van der Waals surface area contributed by atoms with Gasteiger partial charge in [0.25, 0.3) is 5.56 Å². The zero-order valence-corrected chi connectivity index (χ0v) is 14.5. The summed E-state index contributed by atoms with van der Waals surface area (Å²) >= 11 is 0. The van der Waals surface area contributed by atoms with Crippen molar-refractivity contribution in [1.82, 2.24) is 9.13 Å². The Labute approximate surface area is 137 Å². The molecule has 0 radical (unpaired) electrons. The van der Waals surface area contributed by atoms with Crippen LogP contribution in [0, 0.1) is 11.3 Å². The van der Waals surface area contributed by atoms with Crippen molar-refractivity contribution in [2.75, 3.05) is 11.1 Å². The predicted molar refractivity (Wildman–Crippen MR) is 90.0 cm³/mol. The van der Waals surface area contributed by atoms with E-state index in [4.69, 9.17) is 0 Å². The van der Waals surface area contributed by atoms with Crippen LogP contribution in [0.25, 0.3) is 0 Å². The van der Waals surface area contributed by atoms with Crippen molar-refractivity contribution >= 4 is 16.6 Å². The molecule has 1 fully saturated rings. The molecule has 0 amide bonds. The highest BCUT2D eigenvalue weighted by atomic mass is 32.2. The van der Waals surface area contributed by atoms with E-state index >= 15 is 0 Å². The minimum Gasteiger partial charge on any atom is -0.367 e. The molecule has 2 rings (SSSR count). The Balaban J connectivity index is 2.34. The van der Waals surface area contributed by atoms with Gasteiger partial charge in [-0.15, -0.1) is 0 Å². The summed E-state index contributed by atoms with van der Waals surface area (Å²) in [6.07, 6.45) is 3.45. The van der Waals surface area contributed by atoms with Gasteiger partial charge in [-0.3, -0.25) is 18.1 Å². The third-order valence-electron chi connectivity index (χ3n) is 4.40. The van der Waals surface area contributed by atoms with Gasteiger partial charge in [0.2, 0.25) is 0 Å². The van der Waals surface area contributed by atoms with Crippen LogP contribution < -0.4 is 16.6 Å². The molecular weight excluding hydrogens is 316 g/mol. The molecule has 8 heteroatoms. The molecule has 23 heavy (non-hydrogen) atoms. The first-order valence-corrected chi connectivity index (χ1v) is 9.12. The number of aromatic nitrogens is 2. The summed E-state index contributed by atoms with van der Waals surface area (Å²) in [4.78, 5) is 24.2. The van der Waals surface area contributed by atoms with Crippen LogP contribution in [-0.4, -0.2) is 30.4 Å². The van der Waals surface area contributed by atoms with E-state index in [0.29, 0.717) is 12.2 Å². The zero-order chi connectivity index (χ0) is 17.1. The first-order chi connectivity index (χ1) is 10.9. The highest BCUT2D eigenvalue weighted by molar-refractivity contribution is 7.85. The maximum absolute atomic E-state index is 12.1. The SMILES string of the molecule is CCS(=O)C1CCCC(Nc2c(C#N)c(=O)n(C)c(=O)n2C)C1. The molecule has 3 atom stereocenters. The summed E-state index contributed by atoms with van der Waals surface area (Å²) in [6, 6.07) is 1.90. The molecule has 0 bridgehead atoms. The van der Waals surface area contributed by atoms with Crippen LogP contribution in [0.5, 0.6) is 0 Å². The molecule has 7 nitrogen and oxygen atoms in total. The zero-order valence-electron chi connectivity index (χ0n) is 13.7. The van der Waals surface area contributed by atoms with Gasteiger partial charge in [-0.25, -0.2) is 4.79 Å². The largest absolute Gasteiger partial charge is 0.367 e. The molecule has 1 heterocycles. The van der Waals surface area contributed by atoms with E-state index < -0.39 is 22.0 Å². The van der Waals surface area contributed by atoms with E-state index in [-0.39, 0.29) is 22.7 Å². The van der Waals surface area contributed by atoms with Gasteiger partial charge >= 0.3 is 5.69 Å². The maximum atomic E-state index is 12.1. The second kappa shape index (κ2) is 7.13. The molecule has 1 aromatic heterocycles. The van der Waals surface area contributed by atoms with Crippen LogP contribution in [0.2, 0.25) is 0 Å². The van der Waals surface area contributed by atoms with E-state index in [9.17, 15) is 19.1 Å². The van der Waals surface area contributed by atoms with Crippen LogP contribution in [0.4, 0.5) is 5.82 Å². The lowest BCUT2D eigenvalue weighted by Gasteiger charge is -2.30. The normalized spacial score (nSPS) is 22.3. The van der Waals surface area contributed by atoms with Gasteiger partial charge in [0.15, 0.2) is 5.56 Å². The first kappa shape index (κ1) is 17.5. The lowest BCUT2D eigenvalue weighted by molar-refractivity contribution is 0.462. The Kier molecular flexibility index (Phi) is 5.42. The molecule has 1 saturated carbocycles. The second-order valence-corrected chi connectivity index (χ2v) is 7.85. The summed E-state index contributed by atoms with van der Waals surface area (Å²) in [5.74, 6) is 0.888. The fraction of sp³-hybridized carbons (Fsp3) is 0.667. The molecule has 0 aromatic carbocycles. The Hall–Kier alpha value is -1.88. The smallest absolute Gasteiger partial charge is 0.332 e. The molecule has 1 aliphatic carbocycles. The van der Waals surface area contributed by atoms with E-state index in [1.54, 1.807) is 0 Å².